The van der Waals surface area contributed by atoms with E-state index in [-0.39, 0.29) is 10.6 Å². The monoisotopic (exact) mass is 297 g/mol. The number of halogens is 1. The number of ether oxygens (including phenoxy) is 1. The van der Waals surface area contributed by atoms with Crippen LogP contribution in [0.2, 0.25) is 5.02 Å². The van der Waals surface area contributed by atoms with Crippen LogP contribution >= 0.6 is 11.6 Å². The fourth-order valence-corrected chi connectivity index (χ4v) is 2.46. The van der Waals surface area contributed by atoms with Crippen LogP contribution in [0.4, 0.5) is 5.69 Å². The number of rotatable bonds is 6. The zero-order valence-electron chi connectivity index (χ0n) is 11.5. The van der Waals surface area contributed by atoms with Crippen molar-refractivity contribution in [1.82, 2.24) is 9.78 Å². The molecule has 0 aromatic carbocycles. The summed E-state index contributed by atoms with van der Waals surface area (Å²) in [6.07, 6.45) is 7.89. The van der Waals surface area contributed by atoms with E-state index < -0.39 is 0 Å². The summed E-state index contributed by atoms with van der Waals surface area (Å²) in [6, 6.07) is 0. The zero-order valence-corrected chi connectivity index (χ0v) is 12.2. The van der Waals surface area contributed by atoms with Crippen molar-refractivity contribution in [2.45, 2.75) is 38.3 Å². The smallest absolute Gasteiger partial charge is 0.287 e. The summed E-state index contributed by atoms with van der Waals surface area (Å²) in [5.74, 6) is 0. The number of aromatic nitrogens is 2. The van der Waals surface area contributed by atoms with Gasteiger partial charge in [0.25, 0.3) is 5.56 Å². The molecule has 1 aromatic heterocycles. The predicted octanol–water partition coefficient (Wildman–Crippen LogP) is 2.45. The summed E-state index contributed by atoms with van der Waals surface area (Å²) in [4.78, 5) is 11.9. The molecule has 110 valence electrons. The van der Waals surface area contributed by atoms with Gasteiger partial charge in [-0.1, -0.05) is 17.7 Å². The lowest BCUT2D eigenvalue weighted by molar-refractivity contribution is 0.0134. The Labute approximate surface area is 123 Å². The first-order valence-corrected chi connectivity index (χ1v) is 7.32. The minimum atomic E-state index is -0.300. The molecule has 1 N–H and O–H groups in total. The molecule has 2 rings (SSSR count). The Morgan fingerprint density at radius 2 is 2.45 bits per heavy atom. The molecule has 20 heavy (non-hydrogen) atoms. The van der Waals surface area contributed by atoms with E-state index in [1.807, 2.05) is 0 Å². The van der Waals surface area contributed by atoms with Gasteiger partial charge in [-0.2, -0.15) is 5.10 Å². The number of hydrogen-bond acceptors (Lipinski definition) is 4. The molecule has 5 nitrogen and oxygen atoms in total. The van der Waals surface area contributed by atoms with Gasteiger partial charge in [-0.15, -0.1) is 6.58 Å². The molecule has 1 unspecified atom stereocenters. The molecule has 6 heteroatoms. The molecule has 0 radical (unpaired) electrons. The summed E-state index contributed by atoms with van der Waals surface area (Å²) >= 11 is 6.05. The molecule has 0 spiro atoms. The highest BCUT2D eigenvalue weighted by atomic mass is 35.5. The van der Waals surface area contributed by atoms with E-state index in [2.05, 4.69) is 17.0 Å². The van der Waals surface area contributed by atoms with Crippen molar-refractivity contribution in [3.05, 3.63) is 34.2 Å². The van der Waals surface area contributed by atoms with E-state index in [1.165, 1.54) is 11.1 Å². The van der Waals surface area contributed by atoms with Crippen molar-refractivity contribution in [1.29, 1.82) is 0 Å². The summed E-state index contributed by atoms with van der Waals surface area (Å²) in [7, 11) is 0. The van der Waals surface area contributed by atoms with Gasteiger partial charge in [0.05, 0.1) is 24.5 Å². The maximum atomic E-state index is 11.9. The van der Waals surface area contributed by atoms with Crippen molar-refractivity contribution in [3.8, 4) is 0 Å². The zero-order chi connectivity index (χ0) is 14.4. The third-order valence-electron chi connectivity index (χ3n) is 3.34. The molecule has 1 fully saturated rings. The van der Waals surface area contributed by atoms with Crippen LogP contribution in [-0.4, -0.2) is 29.0 Å². The second-order valence-corrected chi connectivity index (χ2v) is 5.23. The maximum absolute atomic E-state index is 11.9. The molecule has 1 saturated heterocycles. The quantitative estimate of drug-likeness (QED) is 0.820. The van der Waals surface area contributed by atoms with E-state index in [4.69, 9.17) is 16.3 Å². The first-order valence-electron chi connectivity index (χ1n) is 6.94. The maximum Gasteiger partial charge on any atom is 0.287 e. The van der Waals surface area contributed by atoms with Crippen LogP contribution in [0, 0.1) is 0 Å². The number of nitrogens with zero attached hydrogens (tertiary/aromatic N) is 2. The minimum absolute atomic E-state index is 0.173. The first kappa shape index (κ1) is 15.1. The standard InChI is InChI=1S/C14H20ClN3O2/c1-2-8-18-14(19)13(15)12(10-17-18)16-7-6-11-5-3-4-9-20-11/h2,10-11,16H,1,3-9H2. The van der Waals surface area contributed by atoms with E-state index in [9.17, 15) is 4.79 Å². The molecular weight excluding hydrogens is 278 g/mol. The highest BCUT2D eigenvalue weighted by molar-refractivity contribution is 6.32. The van der Waals surface area contributed by atoms with Gasteiger partial charge in [-0.25, -0.2) is 4.68 Å². The Morgan fingerprint density at radius 1 is 1.60 bits per heavy atom. The topological polar surface area (TPSA) is 56.1 Å². The second-order valence-electron chi connectivity index (χ2n) is 4.85. The molecule has 2 heterocycles. The minimum Gasteiger partial charge on any atom is -0.382 e. The van der Waals surface area contributed by atoms with Crippen molar-refractivity contribution in [2.75, 3.05) is 18.5 Å². The Kier molecular flexibility index (Phi) is 5.61. The van der Waals surface area contributed by atoms with E-state index >= 15 is 0 Å². The van der Waals surface area contributed by atoms with Crippen molar-refractivity contribution >= 4 is 17.3 Å². The van der Waals surface area contributed by atoms with Gasteiger partial charge in [0.1, 0.15) is 5.02 Å². The van der Waals surface area contributed by atoms with Crippen LogP contribution < -0.4 is 10.9 Å². The Hall–Kier alpha value is -1.33. The highest BCUT2D eigenvalue weighted by Gasteiger charge is 2.14. The van der Waals surface area contributed by atoms with Gasteiger partial charge in [0.15, 0.2) is 0 Å². The van der Waals surface area contributed by atoms with Gasteiger partial charge in [0, 0.05) is 13.2 Å². The molecule has 0 amide bonds. The second kappa shape index (κ2) is 7.45. The van der Waals surface area contributed by atoms with Gasteiger partial charge < -0.3 is 10.1 Å². The molecular formula is C14H20ClN3O2. The van der Waals surface area contributed by atoms with Crippen molar-refractivity contribution < 1.29 is 4.74 Å². The van der Waals surface area contributed by atoms with Crippen molar-refractivity contribution in [3.63, 3.8) is 0 Å². The van der Waals surface area contributed by atoms with Gasteiger partial charge in [-0.3, -0.25) is 4.79 Å². The van der Waals surface area contributed by atoms with Crippen LogP contribution in [0.25, 0.3) is 0 Å². The van der Waals surface area contributed by atoms with Crippen LogP contribution in [-0.2, 0) is 11.3 Å². The van der Waals surface area contributed by atoms with E-state index in [0.29, 0.717) is 18.3 Å². The molecule has 1 aliphatic heterocycles. The Balaban J connectivity index is 1.91. The van der Waals surface area contributed by atoms with Crippen LogP contribution in [0.15, 0.2) is 23.6 Å². The van der Waals surface area contributed by atoms with Gasteiger partial charge in [0.2, 0.25) is 0 Å². The van der Waals surface area contributed by atoms with E-state index in [1.54, 1.807) is 12.3 Å². The average Bonchev–Trinajstić information content (AvgIpc) is 2.48. The third kappa shape index (κ3) is 3.84. The Bertz CT molecular complexity index is 510. The molecule has 0 aliphatic carbocycles. The summed E-state index contributed by atoms with van der Waals surface area (Å²) < 4.78 is 6.94. The molecule has 0 bridgehead atoms. The summed E-state index contributed by atoms with van der Waals surface area (Å²) in [5, 5.41) is 7.38. The SMILES string of the molecule is C=CCn1ncc(NCCC2CCCCO2)c(Cl)c1=O. The lowest BCUT2D eigenvalue weighted by Gasteiger charge is -2.22. The molecule has 0 saturated carbocycles. The fourth-order valence-electron chi connectivity index (χ4n) is 2.24. The number of hydrogen-bond donors (Lipinski definition) is 1. The largest absolute Gasteiger partial charge is 0.382 e. The van der Waals surface area contributed by atoms with Crippen LogP contribution in [0.1, 0.15) is 25.7 Å². The van der Waals surface area contributed by atoms with Crippen LogP contribution in [0.5, 0.6) is 0 Å². The van der Waals surface area contributed by atoms with Crippen molar-refractivity contribution in [2.24, 2.45) is 0 Å². The lowest BCUT2D eigenvalue weighted by Crippen LogP contribution is -2.25. The first-order chi connectivity index (χ1) is 9.72. The van der Waals surface area contributed by atoms with E-state index in [0.717, 1.165) is 32.4 Å². The molecule has 1 aromatic rings. The summed E-state index contributed by atoms with van der Waals surface area (Å²) in [6.45, 7) is 5.51. The molecule has 1 atom stereocenters. The van der Waals surface area contributed by atoms with Gasteiger partial charge in [-0.05, 0) is 25.7 Å². The van der Waals surface area contributed by atoms with Gasteiger partial charge >= 0.3 is 0 Å². The average molecular weight is 298 g/mol. The molecule has 1 aliphatic rings. The van der Waals surface area contributed by atoms with Crippen LogP contribution in [0.3, 0.4) is 0 Å². The Morgan fingerprint density at radius 3 is 3.15 bits per heavy atom. The highest BCUT2D eigenvalue weighted by Crippen LogP contribution is 2.18. The predicted molar refractivity (Wildman–Crippen MR) is 80.4 cm³/mol. The number of allylic oxidation sites excluding steroid dienone is 1. The fraction of sp³-hybridized carbons (Fsp3) is 0.571. The lowest BCUT2D eigenvalue weighted by atomic mass is 10.1. The normalized spacial score (nSPS) is 18.8. The number of nitrogens with one attached hydrogen (secondary N) is 1. The number of anilines is 1. The summed E-state index contributed by atoms with van der Waals surface area (Å²) in [5.41, 5.74) is 0.276. The third-order valence-corrected chi connectivity index (χ3v) is 3.71.